The first-order chi connectivity index (χ1) is 59.9. The van der Waals surface area contributed by atoms with Crippen molar-refractivity contribution in [2.24, 2.45) is 0 Å². The van der Waals surface area contributed by atoms with Crippen molar-refractivity contribution in [1.82, 2.24) is 45.8 Å². The normalized spacial score (nSPS) is 29.3. The fourth-order valence-corrected chi connectivity index (χ4v) is 13.4. The van der Waals surface area contributed by atoms with E-state index < -0.39 is 439 Å². The van der Waals surface area contributed by atoms with E-state index in [1.54, 1.807) is 0 Å². The molecule has 57 heteroatoms. The number of carbonyl (C=O) groups is 9. The van der Waals surface area contributed by atoms with Crippen molar-refractivity contribution in [3.8, 4) is 0 Å². The number of rotatable bonds is 60. The van der Waals surface area contributed by atoms with Gasteiger partial charge in [-0.25, -0.2) is 0 Å². The molecular weight excluding hydrogens is 1730 g/mol. The van der Waals surface area contributed by atoms with E-state index in [-0.39, 0.29) is 0 Å². The summed E-state index contributed by atoms with van der Waals surface area (Å²) in [6.07, 6.45) is -66.9. The summed E-state index contributed by atoms with van der Waals surface area (Å²) >= 11 is 0. The summed E-state index contributed by atoms with van der Waals surface area (Å²) in [4.78, 5) is 125. The Kier molecular flexibility index (Phi) is 50.3. The van der Waals surface area contributed by atoms with Crippen LogP contribution < -0.4 is 21.3 Å². The van der Waals surface area contributed by atoms with Crippen molar-refractivity contribution in [2.75, 3.05) is 164 Å². The van der Waals surface area contributed by atoms with Crippen LogP contribution in [0, 0.1) is 0 Å². The Labute approximate surface area is 722 Å². The topological polar surface area (TPSA) is 919 Å². The lowest BCUT2D eigenvalue weighted by molar-refractivity contribution is -0.319. The monoisotopic (exact) mass is 1860 g/mol. The molecule has 35 N–H and O–H groups in total. The third-order valence-electron chi connectivity index (χ3n) is 20.9. The highest BCUT2D eigenvalue weighted by Crippen LogP contribution is 2.30. The van der Waals surface area contributed by atoms with Gasteiger partial charge in [-0.15, -0.1) is 0 Å². The number of hydrogen-bond acceptors (Lipinski definition) is 48. The molecule has 32 atom stereocenters. The summed E-state index contributed by atoms with van der Waals surface area (Å²) < 4.78 is 43.0. The molecule has 4 rings (SSSR count). The minimum Gasteiger partial charge on any atom is -0.480 e. The first-order valence-corrected chi connectivity index (χ1v) is 40.1. The molecule has 4 saturated heterocycles. The van der Waals surface area contributed by atoms with Gasteiger partial charge in [0.15, 0.2) is 49.6 Å². The number of hydrogen-bond donors (Lipinski definition) is 35. The SMILES string of the molecule is O=C(O)CN(CCN(CC(=O)O)CC(=O)N(CCNC(=O)[C@H](O)[C@@H](O)[C@@H](CCO)O[C@H]1O[C@H](CO)[C@H](O)[C@H](O)[C@H]1O)CCNC(=O)[C@H](O)[C@@H](O)[C@@H](CCO)O[C@H]1O[C@H](CO)[C@H](O)[C@H](O)[C@H]1O)CCN(CC(=O)O)CC(=O)N(CCNC(=O)[C@H](O)[C@@H](O)[C@@H](CCO)O[C@H]1O[C@H](CO)[C@H](O)[C@H](O)[C@H]1O)CCNC(=O)[C@H](O)[C@@H](O)[C@@H](CCO)O[C@@H]1O[C@H](CO)[C@H](O)[C@H](O)[C@H]1O. The van der Waals surface area contributed by atoms with Crippen LogP contribution in [0.15, 0.2) is 0 Å². The van der Waals surface area contributed by atoms with Gasteiger partial charge in [-0.1, -0.05) is 0 Å². The molecule has 57 nitrogen and oxygen atoms in total. The van der Waals surface area contributed by atoms with Gasteiger partial charge < -0.3 is 227 Å². The van der Waals surface area contributed by atoms with Crippen LogP contribution in [0.5, 0.6) is 0 Å². The van der Waals surface area contributed by atoms with Crippen LogP contribution in [0.25, 0.3) is 0 Å². The van der Waals surface area contributed by atoms with E-state index >= 15 is 0 Å². The van der Waals surface area contributed by atoms with Gasteiger partial charge in [-0.2, -0.15) is 0 Å². The van der Waals surface area contributed by atoms with Crippen LogP contribution >= 0.6 is 0 Å². The summed E-state index contributed by atoms with van der Waals surface area (Å²) in [7, 11) is 0. The van der Waals surface area contributed by atoms with Gasteiger partial charge in [-0.05, 0) is 25.7 Å². The molecule has 0 radical (unpaired) electrons. The Bertz CT molecular complexity index is 2930. The summed E-state index contributed by atoms with van der Waals surface area (Å²) in [5.41, 5.74) is 0. The van der Waals surface area contributed by atoms with Crippen molar-refractivity contribution in [3.05, 3.63) is 0 Å². The fraction of sp³-hybridized carbons (Fsp3) is 0.871. The standard InChI is InChI=1S/C70H125N9O48/c80-17-1-30(120-67-59(112)51(104)47(100)34(26-84)124-67)43(96)55(108)63(116)71-5-9-78(10-6-72-64(117)56(109)44(97)31(2-18-81)121-68-60(113)52(105)48(101)35(27-85)125-68)38(88)21-76(24-41(92)93)15-13-75(23-40(90)91)14-16-77(25-42(94)95)22-39(89)79(11-7-73-65(118)57(110)45(98)32(3-19-82)122-69-61(114)53(106)49(102)36(28-86)126-69)12-8-74-66(119)58(111)46(99)33(4-20-83)123-70-62(115)54(107)50(103)37(29-87)127-70/h30-37,43-62,67-70,80-87,96-115H,1-29H2,(H,71,116)(H,72,117)(H,73,118)(H,74,119)(H,90,91)(H,92,93)(H,94,95)/t30-,31-,32-,33-,34-,35-,36-,37-,43+,44+,45+,46+,47+,48+,49+,50+,51+,52+,53+,54+,55-,56-,57-,58-,59-,60-,61-,62-,67-,68+,69+,70+/m1/s1. The molecule has 4 fully saturated rings. The van der Waals surface area contributed by atoms with Crippen molar-refractivity contribution in [1.29, 1.82) is 0 Å². The molecule has 0 bridgehead atoms. The molecule has 127 heavy (non-hydrogen) atoms. The van der Waals surface area contributed by atoms with Gasteiger partial charge in [0.05, 0.1) is 83.6 Å². The summed E-state index contributed by atoms with van der Waals surface area (Å²) in [5, 5.41) is 330. The molecular formula is C70H125N9O48. The van der Waals surface area contributed by atoms with E-state index in [1.807, 2.05) is 0 Å². The average Bonchev–Trinajstić information content (AvgIpc) is 0.819. The van der Waals surface area contributed by atoms with Gasteiger partial charge >= 0.3 is 17.9 Å². The lowest BCUT2D eigenvalue weighted by Gasteiger charge is -2.41. The Morgan fingerprint density at radius 2 is 0.472 bits per heavy atom. The number of carbonyl (C=O) groups excluding carboxylic acids is 6. The van der Waals surface area contributed by atoms with Gasteiger partial charge in [0.25, 0.3) is 23.6 Å². The summed E-state index contributed by atoms with van der Waals surface area (Å²) in [5.74, 6) is -12.7. The van der Waals surface area contributed by atoms with Crippen LogP contribution in [-0.2, 0) is 81.0 Å². The predicted molar refractivity (Wildman–Crippen MR) is 407 cm³/mol. The number of aliphatic carboxylic acids is 3. The molecule has 0 unspecified atom stereocenters. The van der Waals surface area contributed by atoms with Crippen molar-refractivity contribution < 1.29 is 239 Å². The number of aliphatic hydroxyl groups is 28. The van der Waals surface area contributed by atoms with Crippen LogP contribution in [0.3, 0.4) is 0 Å². The maximum absolute atomic E-state index is 14.5. The quantitative estimate of drug-likeness (QED) is 0.0269. The van der Waals surface area contributed by atoms with Gasteiger partial charge in [-0.3, -0.25) is 57.9 Å². The smallest absolute Gasteiger partial charge is 0.317 e. The van der Waals surface area contributed by atoms with E-state index in [0.717, 1.165) is 24.5 Å². The molecule has 0 spiro atoms. The highest BCUT2D eigenvalue weighted by molar-refractivity contribution is 5.84. The van der Waals surface area contributed by atoms with Gasteiger partial charge in [0.1, 0.15) is 122 Å². The van der Waals surface area contributed by atoms with E-state index in [2.05, 4.69) is 21.3 Å². The average molecular weight is 1860 g/mol. The van der Waals surface area contributed by atoms with E-state index in [9.17, 15) is 201 Å². The predicted octanol–water partition coefficient (Wildman–Crippen LogP) is -23.6. The van der Waals surface area contributed by atoms with Crippen LogP contribution in [0.2, 0.25) is 0 Å². The van der Waals surface area contributed by atoms with E-state index in [4.69, 9.17) is 37.9 Å². The molecule has 0 saturated carbocycles. The van der Waals surface area contributed by atoms with Gasteiger partial charge in [0.2, 0.25) is 11.8 Å². The maximum atomic E-state index is 14.5. The number of carboxylic acids is 3. The highest BCUT2D eigenvalue weighted by atomic mass is 16.7. The molecule has 0 aromatic rings. The van der Waals surface area contributed by atoms with Crippen molar-refractivity contribution >= 4 is 53.4 Å². The first kappa shape index (κ1) is 113. The molecule has 0 aromatic heterocycles. The lowest BCUT2D eigenvalue weighted by Crippen LogP contribution is -2.61. The summed E-state index contributed by atoms with van der Waals surface area (Å²) in [6, 6.07) is 0. The Balaban J connectivity index is 1.61. The Morgan fingerprint density at radius 1 is 0.276 bits per heavy atom. The summed E-state index contributed by atoms with van der Waals surface area (Å²) in [6.45, 7) is -19.8. The number of nitrogens with one attached hydrogen (secondary N) is 4. The zero-order valence-electron chi connectivity index (χ0n) is 68.5. The minimum absolute atomic E-state index is 0.531. The highest BCUT2D eigenvalue weighted by Gasteiger charge is 2.51. The molecule has 0 aliphatic carbocycles. The number of aliphatic hydroxyl groups excluding tert-OH is 28. The third kappa shape index (κ3) is 34.3. The molecule has 6 amide bonds. The molecule has 738 valence electrons. The van der Waals surface area contributed by atoms with Crippen molar-refractivity contribution in [2.45, 2.75) is 222 Å². The van der Waals surface area contributed by atoms with E-state index in [1.165, 1.54) is 0 Å². The maximum Gasteiger partial charge on any atom is 0.317 e. The lowest BCUT2D eigenvalue weighted by atomic mass is 9.98. The number of ether oxygens (including phenoxy) is 8. The zero-order chi connectivity index (χ0) is 95.5. The number of carboxylic acid groups (broad SMARTS) is 3. The second-order valence-corrected chi connectivity index (χ2v) is 30.1. The van der Waals surface area contributed by atoms with Crippen LogP contribution in [0.4, 0.5) is 0 Å². The van der Waals surface area contributed by atoms with Gasteiger partial charge in [0, 0.05) is 105 Å². The van der Waals surface area contributed by atoms with Crippen LogP contribution in [-0.4, -0.2) is 596 Å². The Morgan fingerprint density at radius 3 is 0.661 bits per heavy atom. The molecule has 4 aliphatic rings. The zero-order valence-corrected chi connectivity index (χ0v) is 68.5. The first-order valence-electron chi connectivity index (χ1n) is 40.1. The minimum atomic E-state index is -2.51. The van der Waals surface area contributed by atoms with Crippen molar-refractivity contribution in [3.63, 3.8) is 0 Å². The molecule has 0 aromatic carbocycles. The number of amides is 6. The third-order valence-corrected chi connectivity index (χ3v) is 20.9. The largest absolute Gasteiger partial charge is 0.480 e. The second-order valence-electron chi connectivity index (χ2n) is 30.1. The second kappa shape index (κ2) is 56.5. The molecule has 4 aliphatic heterocycles. The van der Waals surface area contributed by atoms with E-state index in [0.29, 0.717) is 0 Å². The number of nitrogens with zero attached hydrogens (tertiary/aromatic N) is 5. The Hall–Kier alpha value is -6.33. The van der Waals surface area contributed by atoms with Crippen LogP contribution in [0.1, 0.15) is 25.7 Å². The fourth-order valence-electron chi connectivity index (χ4n) is 13.4. The molecule has 4 heterocycles.